The van der Waals surface area contributed by atoms with Crippen molar-refractivity contribution in [3.8, 4) is 12.3 Å². The molecule has 2 aliphatic carbocycles. The smallest absolute Gasteiger partial charge is 0.225 e. The molecule has 1 amide bonds. The summed E-state index contributed by atoms with van der Waals surface area (Å²) in [4.78, 5) is 21.1. The van der Waals surface area contributed by atoms with Crippen molar-refractivity contribution < 1.29 is 9.18 Å². The highest BCUT2D eigenvalue weighted by Gasteiger charge is 2.42. The summed E-state index contributed by atoms with van der Waals surface area (Å²) in [6, 6.07) is 10.4. The van der Waals surface area contributed by atoms with E-state index in [0.717, 1.165) is 36.6 Å². The third-order valence-corrected chi connectivity index (χ3v) is 6.96. The SMILES string of the molecule is C#Cc1ccc(NC(=O)CC2C[C@@H]3CC(c4ccnc5ccc(F)cc45)C[C@@H]3C2)nc1. The van der Waals surface area contributed by atoms with E-state index in [9.17, 15) is 9.18 Å². The predicted octanol–water partition coefficient (Wildman–Crippen LogP) is 5.30. The van der Waals surface area contributed by atoms with Gasteiger partial charge in [0.25, 0.3) is 0 Å². The predicted molar refractivity (Wildman–Crippen MR) is 119 cm³/mol. The molecular formula is C26H24FN3O. The quantitative estimate of drug-likeness (QED) is 0.591. The van der Waals surface area contributed by atoms with E-state index in [4.69, 9.17) is 6.42 Å². The lowest BCUT2D eigenvalue weighted by molar-refractivity contribution is -0.117. The van der Waals surface area contributed by atoms with Crippen molar-refractivity contribution in [2.45, 2.75) is 38.0 Å². The molecule has 2 fully saturated rings. The maximum Gasteiger partial charge on any atom is 0.225 e. The highest BCUT2D eigenvalue weighted by molar-refractivity contribution is 5.90. The van der Waals surface area contributed by atoms with Crippen LogP contribution in [0.4, 0.5) is 10.2 Å². The molecule has 4 nitrogen and oxygen atoms in total. The van der Waals surface area contributed by atoms with Gasteiger partial charge in [-0.2, -0.15) is 0 Å². The van der Waals surface area contributed by atoms with Gasteiger partial charge in [0, 0.05) is 29.8 Å². The van der Waals surface area contributed by atoms with Gasteiger partial charge in [-0.15, -0.1) is 6.42 Å². The number of anilines is 1. The van der Waals surface area contributed by atoms with Crippen molar-refractivity contribution in [1.82, 2.24) is 9.97 Å². The molecule has 5 rings (SSSR count). The summed E-state index contributed by atoms with van der Waals surface area (Å²) in [7, 11) is 0. The Balaban J connectivity index is 1.20. The van der Waals surface area contributed by atoms with E-state index in [1.54, 1.807) is 30.5 Å². The fraction of sp³-hybridized carbons (Fsp3) is 0.346. The van der Waals surface area contributed by atoms with Crippen LogP contribution in [-0.4, -0.2) is 15.9 Å². The molecular weight excluding hydrogens is 389 g/mol. The topological polar surface area (TPSA) is 54.9 Å². The van der Waals surface area contributed by atoms with Gasteiger partial charge in [0.15, 0.2) is 0 Å². The van der Waals surface area contributed by atoms with Crippen LogP contribution < -0.4 is 5.32 Å². The molecule has 2 aromatic heterocycles. The second-order valence-electron chi connectivity index (χ2n) is 8.92. The zero-order chi connectivity index (χ0) is 21.4. The summed E-state index contributed by atoms with van der Waals surface area (Å²) >= 11 is 0. The number of fused-ring (bicyclic) bond motifs is 2. The first-order valence-electron chi connectivity index (χ1n) is 10.9. The largest absolute Gasteiger partial charge is 0.311 e. The summed E-state index contributed by atoms with van der Waals surface area (Å²) in [5, 5.41) is 3.82. The van der Waals surface area contributed by atoms with Gasteiger partial charge in [0.2, 0.25) is 5.91 Å². The number of aromatic nitrogens is 2. The molecule has 2 saturated carbocycles. The van der Waals surface area contributed by atoms with Crippen LogP contribution in [0.25, 0.3) is 10.9 Å². The molecule has 2 aliphatic rings. The summed E-state index contributed by atoms with van der Waals surface area (Å²) in [5.74, 6) is 4.97. The molecule has 5 heteroatoms. The van der Waals surface area contributed by atoms with E-state index < -0.39 is 0 Å². The first-order valence-corrected chi connectivity index (χ1v) is 10.9. The average molecular weight is 413 g/mol. The fourth-order valence-corrected chi connectivity index (χ4v) is 5.67. The second kappa shape index (κ2) is 8.11. The summed E-state index contributed by atoms with van der Waals surface area (Å²) in [6.45, 7) is 0. The standard InChI is InChI=1S/C26H24FN3O/c1-2-16-3-6-25(29-15-16)30-26(31)11-17-9-18-12-20(13-19(18)10-17)22-7-8-28-24-5-4-21(27)14-23(22)24/h1,3-8,14-15,17-20H,9-13H2,(H,29,30,31)/t17?,18-,19+,20?. The van der Waals surface area contributed by atoms with Crippen molar-refractivity contribution in [2.75, 3.05) is 5.32 Å². The van der Waals surface area contributed by atoms with E-state index in [1.807, 2.05) is 6.20 Å². The van der Waals surface area contributed by atoms with E-state index in [2.05, 4.69) is 27.3 Å². The Morgan fingerprint density at radius 3 is 2.61 bits per heavy atom. The zero-order valence-corrected chi connectivity index (χ0v) is 17.2. The van der Waals surface area contributed by atoms with Crippen LogP contribution in [0, 0.1) is 35.9 Å². The number of rotatable bonds is 4. The number of pyridine rings is 2. The Morgan fingerprint density at radius 2 is 1.90 bits per heavy atom. The molecule has 1 aromatic carbocycles. The molecule has 0 saturated heterocycles. The molecule has 1 N–H and O–H groups in total. The van der Waals surface area contributed by atoms with Gasteiger partial charge in [-0.25, -0.2) is 9.37 Å². The van der Waals surface area contributed by atoms with Crippen LogP contribution in [0.15, 0.2) is 48.8 Å². The minimum atomic E-state index is -0.213. The minimum Gasteiger partial charge on any atom is -0.311 e. The molecule has 156 valence electrons. The van der Waals surface area contributed by atoms with Crippen LogP contribution in [0.1, 0.15) is 49.1 Å². The molecule has 2 heterocycles. The van der Waals surface area contributed by atoms with Gasteiger partial charge in [0.05, 0.1) is 5.52 Å². The Kier molecular flexibility index (Phi) is 5.15. The molecule has 0 spiro atoms. The third-order valence-electron chi connectivity index (χ3n) is 6.96. The van der Waals surface area contributed by atoms with E-state index in [0.29, 0.717) is 41.5 Å². The first-order chi connectivity index (χ1) is 15.1. The van der Waals surface area contributed by atoms with Crippen molar-refractivity contribution in [3.63, 3.8) is 0 Å². The minimum absolute atomic E-state index is 0.0121. The summed E-state index contributed by atoms with van der Waals surface area (Å²) < 4.78 is 13.8. The normalized spacial score (nSPS) is 24.6. The maximum atomic E-state index is 13.8. The first kappa shape index (κ1) is 19.7. The number of carbonyl (C=O) groups excluding carboxylic acids is 1. The second-order valence-corrected chi connectivity index (χ2v) is 8.92. The highest BCUT2D eigenvalue weighted by atomic mass is 19.1. The number of nitrogens with one attached hydrogen (secondary N) is 1. The molecule has 31 heavy (non-hydrogen) atoms. The van der Waals surface area contributed by atoms with Crippen molar-refractivity contribution in [2.24, 2.45) is 17.8 Å². The van der Waals surface area contributed by atoms with Crippen LogP contribution in [0.3, 0.4) is 0 Å². The Hall–Kier alpha value is -3.26. The molecule has 0 aliphatic heterocycles. The van der Waals surface area contributed by atoms with Crippen molar-refractivity contribution >= 4 is 22.6 Å². The number of hydrogen-bond acceptors (Lipinski definition) is 3. The number of hydrogen-bond donors (Lipinski definition) is 1. The molecule has 0 radical (unpaired) electrons. The van der Waals surface area contributed by atoms with Crippen LogP contribution >= 0.6 is 0 Å². The van der Waals surface area contributed by atoms with Gasteiger partial charge >= 0.3 is 0 Å². The highest BCUT2D eigenvalue weighted by Crippen LogP contribution is 2.53. The van der Waals surface area contributed by atoms with Crippen LogP contribution in [0.2, 0.25) is 0 Å². The lowest BCUT2D eigenvalue weighted by atomic mass is 9.89. The van der Waals surface area contributed by atoms with Gasteiger partial charge in [0.1, 0.15) is 11.6 Å². The third kappa shape index (κ3) is 4.03. The van der Waals surface area contributed by atoms with Crippen molar-refractivity contribution in [1.29, 1.82) is 0 Å². The molecule has 4 atom stereocenters. The van der Waals surface area contributed by atoms with Gasteiger partial charge < -0.3 is 5.32 Å². The lowest BCUT2D eigenvalue weighted by Crippen LogP contribution is -2.16. The van der Waals surface area contributed by atoms with E-state index in [-0.39, 0.29) is 11.7 Å². The van der Waals surface area contributed by atoms with Gasteiger partial charge in [-0.1, -0.05) is 5.92 Å². The molecule has 3 aromatic rings. The number of halogens is 1. The lowest BCUT2D eigenvalue weighted by Gasteiger charge is -2.17. The fourth-order valence-electron chi connectivity index (χ4n) is 5.67. The number of benzene rings is 1. The number of carbonyl (C=O) groups is 1. The van der Waals surface area contributed by atoms with Gasteiger partial charge in [-0.3, -0.25) is 9.78 Å². The zero-order valence-electron chi connectivity index (χ0n) is 17.2. The Labute approximate surface area is 181 Å². The van der Waals surface area contributed by atoms with Crippen LogP contribution in [-0.2, 0) is 4.79 Å². The number of amides is 1. The monoisotopic (exact) mass is 413 g/mol. The summed E-state index contributed by atoms with van der Waals surface area (Å²) in [6.07, 6.45) is 13.7. The van der Waals surface area contributed by atoms with Crippen LogP contribution in [0.5, 0.6) is 0 Å². The van der Waals surface area contributed by atoms with E-state index >= 15 is 0 Å². The molecule has 2 unspecified atom stereocenters. The van der Waals surface area contributed by atoms with Gasteiger partial charge in [-0.05, 0) is 91.3 Å². The van der Waals surface area contributed by atoms with Crippen molar-refractivity contribution in [3.05, 3.63) is 65.7 Å². The Morgan fingerprint density at radius 1 is 1.10 bits per heavy atom. The summed E-state index contributed by atoms with van der Waals surface area (Å²) in [5.41, 5.74) is 2.77. The van der Waals surface area contributed by atoms with E-state index in [1.165, 1.54) is 11.6 Å². The Bertz CT molecular complexity index is 1150. The maximum absolute atomic E-state index is 13.8. The number of terminal acetylenes is 1. The molecule has 0 bridgehead atoms. The average Bonchev–Trinajstić information content (AvgIpc) is 3.32. The number of nitrogens with zero attached hydrogens (tertiary/aromatic N) is 2.